The normalized spacial score (nSPS) is 9.47. The highest BCUT2D eigenvalue weighted by Crippen LogP contribution is 2.03. The van der Waals surface area contributed by atoms with E-state index in [1.54, 1.807) is 6.92 Å². The van der Waals surface area contributed by atoms with Gasteiger partial charge in [-0.1, -0.05) is 0 Å². The Balaban J connectivity index is 3.95. The minimum absolute atomic E-state index is 0.0161. The van der Waals surface area contributed by atoms with Crippen LogP contribution >= 0.6 is 0 Å². The molecule has 96 valence electrons. The molecule has 4 nitrogen and oxygen atoms in total. The van der Waals surface area contributed by atoms with Crippen LogP contribution in [0.4, 0.5) is 0 Å². The zero-order chi connectivity index (χ0) is 13.1. The lowest BCUT2D eigenvalue weighted by molar-refractivity contribution is -0.148. The lowest BCUT2D eigenvalue weighted by Gasteiger charge is -2.19. The van der Waals surface area contributed by atoms with Crippen molar-refractivity contribution in [3.63, 3.8) is 0 Å². The standard InChI is InChI=1S/C13H21NO3/c1-4-7-8-9-10-12(15)14(5-2)11-13(16)17-6-3/h1H,5-11H2,2-3H3. The van der Waals surface area contributed by atoms with Gasteiger partial charge in [-0.3, -0.25) is 9.59 Å². The average molecular weight is 239 g/mol. The monoisotopic (exact) mass is 239 g/mol. The quantitative estimate of drug-likeness (QED) is 0.367. The zero-order valence-electron chi connectivity index (χ0n) is 10.7. The molecule has 17 heavy (non-hydrogen) atoms. The molecule has 4 heteroatoms. The zero-order valence-corrected chi connectivity index (χ0v) is 10.7. The van der Waals surface area contributed by atoms with Gasteiger partial charge in [-0.15, -0.1) is 12.3 Å². The SMILES string of the molecule is C#CCCCCC(=O)N(CC)CC(=O)OCC. The molecule has 1 amide bonds. The molecule has 0 aromatic rings. The Morgan fingerprint density at radius 1 is 1.29 bits per heavy atom. The van der Waals surface area contributed by atoms with Crippen LogP contribution in [0.2, 0.25) is 0 Å². The summed E-state index contributed by atoms with van der Waals surface area (Å²) in [4.78, 5) is 24.5. The maximum Gasteiger partial charge on any atom is 0.325 e. The molecule has 0 rings (SSSR count). The summed E-state index contributed by atoms with van der Waals surface area (Å²) < 4.78 is 4.81. The number of rotatable bonds is 8. The Morgan fingerprint density at radius 3 is 2.53 bits per heavy atom. The predicted molar refractivity (Wildman–Crippen MR) is 66.2 cm³/mol. The lowest BCUT2D eigenvalue weighted by Crippen LogP contribution is -2.36. The molecule has 0 N–H and O–H groups in total. The molecule has 0 aliphatic heterocycles. The maximum absolute atomic E-state index is 11.7. The van der Waals surface area contributed by atoms with Gasteiger partial charge in [0.25, 0.3) is 0 Å². The van der Waals surface area contributed by atoms with Gasteiger partial charge in [-0.05, 0) is 26.7 Å². The van der Waals surface area contributed by atoms with Crippen molar-refractivity contribution in [2.45, 2.75) is 39.5 Å². The summed E-state index contributed by atoms with van der Waals surface area (Å²) in [6.45, 7) is 4.49. The molecule has 0 aliphatic carbocycles. The second-order valence-electron chi connectivity index (χ2n) is 3.62. The van der Waals surface area contributed by atoms with Crippen LogP contribution in [0.3, 0.4) is 0 Å². The number of amides is 1. The number of likely N-dealkylation sites (N-methyl/N-ethyl adjacent to an activating group) is 1. The number of carbonyl (C=O) groups is 2. The second-order valence-corrected chi connectivity index (χ2v) is 3.62. The molecule has 0 unspecified atom stereocenters. The number of terminal acetylenes is 1. The molecule has 0 spiro atoms. The Kier molecular flexibility index (Phi) is 8.85. The maximum atomic E-state index is 11.7. The van der Waals surface area contributed by atoms with E-state index in [4.69, 9.17) is 11.2 Å². The molecule has 0 radical (unpaired) electrons. The van der Waals surface area contributed by atoms with Gasteiger partial charge < -0.3 is 9.64 Å². The third kappa shape index (κ3) is 7.40. The van der Waals surface area contributed by atoms with Crippen LogP contribution in [0, 0.1) is 12.3 Å². The molecule has 0 saturated carbocycles. The van der Waals surface area contributed by atoms with E-state index < -0.39 is 0 Å². The van der Waals surface area contributed by atoms with Gasteiger partial charge >= 0.3 is 5.97 Å². The summed E-state index contributed by atoms with van der Waals surface area (Å²) >= 11 is 0. The summed E-state index contributed by atoms with van der Waals surface area (Å²) in [5, 5.41) is 0. The molecule has 0 fully saturated rings. The number of ether oxygens (including phenoxy) is 1. The number of hydrogen-bond acceptors (Lipinski definition) is 3. The summed E-state index contributed by atoms with van der Waals surface area (Å²) in [6.07, 6.45) is 7.87. The summed E-state index contributed by atoms with van der Waals surface area (Å²) in [5.74, 6) is 2.16. The third-order valence-electron chi connectivity index (χ3n) is 2.32. The number of hydrogen-bond donors (Lipinski definition) is 0. The van der Waals surface area contributed by atoms with Crippen LogP contribution in [0.1, 0.15) is 39.5 Å². The molecule has 0 atom stereocenters. The Hall–Kier alpha value is -1.50. The minimum atomic E-state index is -0.355. The van der Waals surface area contributed by atoms with Crippen molar-refractivity contribution in [3.8, 4) is 12.3 Å². The van der Waals surface area contributed by atoms with Crippen molar-refractivity contribution in [1.82, 2.24) is 4.90 Å². The first-order chi connectivity index (χ1) is 8.15. The fourth-order valence-electron chi connectivity index (χ4n) is 1.40. The molecule has 0 bridgehead atoms. The van der Waals surface area contributed by atoms with E-state index in [2.05, 4.69) is 5.92 Å². The molecular weight excluding hydrogens is 218 g/mol. The highest BCUT2D eigenvalue weighted by atomic mass is 16.5. The van der Waals surface area contributed by atoms with Crippen molar-refractivity contribution < 1.29 is 14.3 Å². The van der Waals surface area contributed by atoms with Crippen molar-refractivity contribution in [3.05, 3.63) is 0 Å². The van der Waals surface area contributed by atoms with Crippen LogP contribution in [-0.4, -0.2) is 36.5 Å². The van der Waals surface area contributed by atoms with Gasteiger partial charge in [0.15, 0.2) is 0 Å². The van der Waals surface area contributed by atoms with E-state index in [9.17, 15) is 9.59 Å². The van der Waals surface area contributed by atoms with Gasteiger partial charge in [0.2, 0.25) is 5.91 Å². The van der Waals surface area contributed by atoms with E-state index in [0.29, 0.717) is 26.0 Å². The van der Waals surface area contributed by atoms with Gasteiger partial charge in [0.1, 0.15) is 6.54 Å². The minimum Gasteiger partial charge on any atom is -0.465 e. The van der Waals surface area contributed by atoms with Crippen LogP contribution < -0.4 is 0 Å². The first kappa shape index (κ1) is 15.5. The van der Waals surface area contributed by atoms with E-state index in [1.807, 2.05) is 6.92 Å². The third-order valence-corrected chi connectivity index (χ3v) is 2.32. The Morgan fingerprint density at radius 2 is 2.00 bits per heavy atom. The Bertz CT molecular complexity index is 281. The molecule has 0 aliphatic rings. The van der Waals surface area contributed by atoms with Gasteiger partial charge in [-0.2, -0.15) is 0 Å². The van der Waals surface area contributed by atoms with Crippen LogP contribution in [0.15, 0.2) is 0 Å². The number of unbranched alkanes of at least 4 members (excludes halogenated alkanes) is 2. The van der Waals surface area contributed by atoms with Crippen molar-refractivity contribution in [2.75, 3.05) is 19.7 Å². The summed E-state index contributed by atoms with van der Waals surface area (Å²) in [5.41, 5.74) is 0. The van der Waals surface area contributed by atoms with Gasteiger partial charge in [-0.25, -0.2) is 0 Å². The van der Waals surface area contributed by atoms with E-state index in [1.165, 1.54) is 4.90 Å². The van der Waals surface area contributed by atoms with E-state index >= 15 is 0 Å². The highest BCUT2D eigenvalue weighted by molar-refractivity contribution is 5.82. The summed E-state index contributed by atoms with van der Waals surface area (Å²) in [6, 6.07) is 0. The van der Waals surface area contributed by atoms with Crippen LogP contribution in [0.25, 0.3) is 0 Å². The smallest absolute Gasteiger partial charge is 0.325 e. The fourth-order valence-corrected chi connectivity index (χ4v) is 1.40. The largest absolute Gasteiger partial charge is 0.465 e. The van der Waals surface area contributed by atoms with Crippen LogP contribution in [0.5, 0.6) is 0 Å². The second kappa shape index (κ2) is 9.71. The molecule has 0 aromatic heterocycles. The molecule has 0 aromatic carbocycles. The molecular formula is C13H21NO3. The number of carbonyl (C=O) groups excluding carboxylic acids is 2. The number of esters is 1. The lowest BCUT2D eigenvalue weighted by atomic mass is 10.2. The van der Waals surface area contributed by atoms with Crippen molar-refractivity contribution in [1.29, 1.82) is 0 Å². The number of nitrogens with zero attached hydrogens (tertiary/aromatic N) is 1. The van der Waals surface area contributed by atoms with Crippen molar-refractivity contribution >= 4 is 11.9 Å². The first-order valence-electron chi connectivity index (χ1n) is 6.02. The predicted octanol–water partition coefficient (Wildman–Crippen LogP) is 1.59. The van der Waals surface area contributed by atoms with E-state index in [-0.39, 0.29) is 18.4 Å². The van der Waals surface area contributed by atoms with Gasteiger partial charge in [0.05, 0.1) is 6.61 Å². The van der Waals surface area contributed by atoms with Gasteiger partial charge in [0, 0.05) is 19.4 Å². The van der Waals surface area contributed by atoms with E-state index in [0.717, 1.165) is 12.8 Å². The topological polar surface area (TPSA) is 46.6 Å². The van der Waals surface area contributed by atoms with Crippen LogP contribution in [-0.2, 0) is 14.3 Å². The molecule has 0 saturated heterocycles. The summed E-state index contributed by atoms with van der Waals surface area (Å²) in [7, 11) is 0. The average Bonchev–Trinajstić information content (AvgIpc) is 2.31. The van der Waals surface area contributed by atoms with Crippen molar-refractivity contribution in [2.24, 2.45) is 0 Å². The Labute approximate surface area is 103 Å². The fraction of sp³-hybridized carbons (Fsp3) is 0.692. The first-order valence-corrected chi connectivity index (χ1v) is 6.02. The highest BCUT2D eigenvalue weighted by Gasteiger charge is 2.15. The molecule has 0 heterocycles.